The molecule has 0 bridgehead atoms. The van der Waals surface area contributed by atoms with Crippen LogP contribution < -0.4 is 14.9 Å². The van der Waals surface area contributed by atoms with Crippen molar-refractivity contribution in [3.8, 4) is 11.1 Å². The molecule has 3 rings (SSSR count). The number of amides is 1. The number of sulfonamides is 1. The van der Waals surface area contributed by atoms with Crippen molar-refractivity contribution in [1.29, 1.82) is 0 Å². The molecule has 0 atom stereocenters. The minimum atomic E-state index is -3.44. The second kappa shape index (κ2) is 7.51. The summed E-state index contributed by atoms with van der Waals surface area (Å²) in [5.41, 5.74) is 2.04. The number of nitrogens with one attached hydrogen (secondary N) is 2. The van der Waals surface area contributed by atoms with Crippen LogP contribution in [-0.2, 0) is 14.8 Å². The molecule has 1 fully saturated rings. The first-order valence-corrected chi connectivity index (χ1v) is 10.5. The highest BCUT2D eigenvalue weighted by molar-refractivity contribution is 7.92. The molecule has 1 aliphatic rings. The van der Waals surface area contributed by atoms with E-state index in [0.717, 1.165) is 24.0 Å². The first-order valence-electron chi connectivity index (χ1n) is 8.67. The van der Waals surface area contributed by atoms with Crippen LogP contribution in [-0.4, -0.2) is 44.1 Å². The van der Waals surface area contributed by atoms with E-state index in [2.05, 4.69) is 20.6 Å². The van der Waals surface area contributed by atoms with Gasteiger partial charge in [0.15, 0.2) is 0 Å². The van der Waals surface area contributed by atoms with Crippen molar-refractivity contribution in [2.75, 3.05) is 34.8 Å². The molecule has 0 radical (unpaired) electrons. The lowest BCUT2D eigenvalue weighted by Gasteiger charge is -2.24. The van der Waals surface area contributed by atoms with E-state index in [4.69, 9.17) is 0 Å². The van der Waals surface area contributed by atoms with Crippen LogP contribution in [0.3, 0.4) is 0 Å². The Morgan fingerprint density at radius 1 is 1.26 bits per heavy atom. The van der Waals surface area contributed by atoms with Crippen molar-refractivity contribution in [2.24, 2.45) is 5.92 Å². The molecule has 2 aromatic heterocycles. The van der Waals surface area contributed by atoms with Gasteiger partial charge in [0, 0.05) is 38.5 Å². The lowest BCUT2D eigenvalue weighted by atomic mass is 10.1. The van der Waals surface area contributed by atoms with Crippen LogP contribution in [0.2, 0.25) is 0 Å². The number of rotatable bonds is 7. The van der Waals surface area contributed by atoms with Gasteiger partial charge in [0.1, 0.15) is 11.6 Å². The summed E-state index contributed by atoms with van der Waals surface area (Å²) in [6, 6.07) is 5.32. The first-order chi connectivity index (χ1) is 12.8. The van der Waals surface area contributed by atoms with Gasteiger partial charge >= 0.3 is 0 Å². The summed E-state index contributed by atoms with van der Waals surface area (Å²) in [7, 11) is -1.73. The SMILES string of the molecule is CNc1ncc(-c2ccnc(NC(C)=O)c2)cc1N(CC1CC1)S(C)(=O)=O. The highest BCUT2D eigenvalue weighted by atomic mass is 32.2. The number of carbonyl (C=O) groups excluding carboxylic acids is 1. The highest BCUT2D eigenvalue weighted by Crippen LogP contribution is 2.36. The van der Waals surface area contributed by atoms with E-state index in [-0.39, 0.29) is 5.91 Å². The summed E-state index contributed by atoms with van der Waals surface area (Å²) in [6.45, 7) is 1.86. The van der Waals surface area contributed by atoms with Gasteiger partial charge in [-0.15, -0.1) is 0 Å². The molecule has 0 saturated heterocycles. The Hall–Kier alpha value is -2.68. The number of pyridine rings is 2. The smallest absolute Gasteiger partial charge is 0.232 e. The molecule has 0 aliphatic heterocycles. The number of hydrogen-bond donors (Lipinski definition) is 2. The third-order valence-corrected chi connectivity index (χ3v) is 5.44. The Morgan fingerprint density at radius 3 is 2.59 bits per heavy atom. The average molecular weight is 389 g/mol. The van der Waals surface area contributed by atoms with Gasteiger partial charge in [0.25, 0.3) is 0 Å². The van der Waals surface area contributed by atoms with Gasteiger partial charge in [-0.25, -0.2) is 18.4 Å². The van der Waals surface area contributed by atoms with E-state index in [9.17, 15) is 13.2 Å². The Balaban J connectivity index is 2.04. The molecule has 2 N–H and O–H groups in total. The Morgan fingerprint density at radius 2 is 2.00 bits per heavy atom. The van der Waals surface area contributed by atoms with Gasteiger partial charge in [0.05, 0.1) is 11.9 Å². The number of carbonyl (C=O) groups is 1. The second-order valence-corrected chi connectivity index (χ2v) is 8.60. The van der Waals surface area contributed by atoms with E-state index in [1.54, 1.807) is 37.6 Å². The molecule has 144 valence electrons. The quantitative estimate of drug-likeness (QED) is 0.753. The van der Waals surface area contributed by atoms with Crippen LogP contribution in [0.4, 0.5) is 17.3 Å². The molecule has 0 spiro atoms. The molecule has 2 aromatic rings. The topological polar surface area (TPSA) is 104 Å². The number of nitrogens with zero attached hydrogens (tertiary/aromatic N) is 3. The largest absolute Gasteiger partial charge is 0.371 e. The van der Waals surface area contributed by atoms with Crippen molar-refractivity contribution in [1.82, 2.24) is 9.97 Å². The fourth-order valence-electron chi connectivity index (χ4n) is 2.80. The Bertz CT molecular complexity index is 957. The molecule has 27 heavy (non-hydrogen) atoms. The van der Waals surface area contributed by atoms with E-state index in [1.165, 1.54) is 17.5 Å². The van der Waals surface area contributed by atoms with Crippen LogP contribution >= 0.6 is 0 Å². The van der Waals surface area contributed by atoms with Crippen molar-refractivity contribution in [3.63, 3.8) is 0 Å². The molecular weight excluding hydrogens is 366 g/mol. The van der Waals surface area contributed by atoms with E-state index >= 15 is 0 Å². The molecule has 0 aromatic carbocycles. The molecule has 0 unspecified atom stereocenters. The molecule has 1 saturated carbocycles. The van der Waals surface area contributed by atoms with Crippen LogP contribution in [0.25, 0.3) is 11.1 Å². The Labute approximate surface area is 159 Å². The highest BCUT2D eigenvalue weighted by Gasteiger charge is 2.30. The van der Waals surface area contributed by atoms with Crippen LogP contribution in [0, 0.1) is 5.92 Å². The van der Waals surface area contributed by atoms with Crippen LogP contribution in [0.5, 0.6) is 0 Å². The molecule has 1 amide bonds. The molecule has 8 nitrogen and oxygen atoms in total. The average Bonchev–Trinajstić information content (AvgIpc) is 3.42. The maximum atomic E-state index is 12.4. The summed E-state index contributed by atoms with van der Waals surface area (Å²) in [4.78, 5) is 19.8. The van der Waals surface area contributed by atoms with Crippen molar-refractivity contribution in [2.45, 2.75) is 19.8 Å². The maximum absolute atomic E-state index is 12.4. The van der Waals surface area contributed by atoms with Crippen molar-refractivity contribution >= 4 is 33.3 Å². The predicted molar refractivity (Wildman–Crippen MR) is 106 cm³/mol. The summed E-state index contributed by atoms with van der Waals surface area (Å²) in [5, 5.41) is 5.62. The van der Waals surface area contributed by atoms with Crippen LogP contribution in [0.1, 0.15) is 19.8 Å². The Kier molecular flexibility index (Phi) is 5.31. The molecule has 9 heteroatoms. The van der Waals surface area contributed by atoms with Gasteiger partial charge in [-0.3, -0.25) is 9.10 Å². The molecule has 1 aliphatic carbocycles. The third kappa shape index (κ3) is 4.73. The predicted octanol–water partition coefficient (Wildman–Crippen LogP) is 2.32. The van der Waals surface area contributed by atoms with E-state index < -0.39 is 10.0 Å². The van der Waals surface area contributed by atoms with Gasteiger partial charge in [0.2, 0.25) is 15.9 Å². The fraction of sp³-hybridized carbons (Fsp3) is 0.389. The zero-order valence-electron chi connectivity index (χ0n) is 15.6. The number of aromatic nitrogens is 2. The molecular formula is C18H23N5O3S. The zero-order valence-corrected chi connectivity index (χ0v) is 16.4. The van der Waals surface area contributed by atoms with E-state index in [1.807, 2.05) is 0 Å². The maximum Gasteiger partial charge on any atom is 0.232 e. The number of hydrogen-bond acceptors (Lipinski definition) is 6. The van der Waals surface area contributed by atoms with Gasteiger partial charge in [-0.1, -0.05) is 0 Å². The van der Waals surface area contributed by atoms with Gasteiger partial charge < -0.3 is 10.6 Å². The minimum absolute atomic E-state index is 0.211. The van der Waals surface area contributed by atoms with Crippen molar-refractivity contribution < 1.29 is 13.2 Å². The summed E-state index contributed by atoms with van der Waals surface area (Å²) < 4.78 is 26.2. The number of anilines is 3. The van der Waals surface area contributed by atoms with Crippen LogP contribution in [0.15, 0.2) is 30.6 Å². The van der Waals surface area contributed by atoms with Gasteiger partial charge in [-0.2, -0.15) is 0 Å². The zero-order chi connectivity index (χ0) is 19.6. The molecule has 2 heterocycles. The summed E-state index contributed by atoms with van der Waals surface area (Å²) in [5.74, 6) is 1.11. The minimum Gasteiger partial charge on any atom is -0.371 e. The fourth-order valence-corrected chi connectivity index (χ4v) is 3.78. The van der Waals surface area contributed by atoms with Crippen molar-refractivity contribution in [3.05, 3.63) is 30.6 Å². The van der Waals surface area contributed by atoms with Gasteiger partial charge in [-0.05, 0) is 42.5 Å². The summed E-state index contributed by atoms with van der Waals surface area (Å²) >= 11 is 0. The second-order valence-electron chi connectivity index (χ2n) is 6.69. The summed E-state index contributed by atoms with van der Waals surface area (Å²) in [6.07, 6.45) is 6.55. The lowest BCUT2D eigenvalue weighted by molar-refractivity contribution is -0.114. The normalized spacial score (nSPS) is 13.9. The third-order valence-electron chi connectivity index (χ3n) is 4.29. The first kappa shape index (κ1) is 19.1. The lowest BCUT2D eigenvalue weighted by Crippen LogP contribution is -2.32. The standard InChI is InChI=1S/C18H23N5O3S/c1-12(24)22-17-9-14(6-7-20-17)15-8-16(18(19-2)21-10-15)23(27(3,25)26)11-13-4-5-13/h6-10,13H,4-5,11H2,1-3H3,(H,19,21)(H,20,22,24). The monoisotopic (exact) mass is 389 g/mol. The van der Waals surface area contributed by atoms with E-state index in [0.29, 0.717) is 29.8 Å².